The topological polar surface area (TPSA) is 76.1 Å². The summed E-state index contributed by atoms with van der Waals surface area (Å²) in [5, 5.41) is 0. The highest BCUT2D eigenvalue weighted by atomic mass is 16.5. The molecule has 0 unspecified atom stereocenters. The third-order valence-corrected chi connectivity index (χ3v) is 3.37. The number of hydrogen-bond acceptors (Lipinski definition) is 5. The molecule has 0 spiro atoms. The van der Waals surface area contributed by atoms with E-state index in [0.29, 0.717) is 17.3 Å². The SMILES string of the molecule is Cc1cc(C)nc(NNC(=O)c2ccc(Oc3ccccc3)cc2)n1. The Hall–Kier alpha value is -3.41. The van der Waals surface area contributed by atoms with Crippen LogP contribution in [0, 0.1) is 13.8 Å². The molecule has 2 N–H and O–H groups in total. The smallest absolute Gasteiger partial charge is 0.269 e. The summed E-state index contributed by atoms with van der Waals surface area (Å²) in [4.78, 5) is 20.6. The number of nitrogens with zero attached hydrogens (tertiary/aromatic N) is 2. The lowest BCUT2D eigenvalue weighted by atomic mass is 10.2. The highest BCUT2D eigenvalue weighted by molar-refractivity contribution is 5.94. The van der Waals surface area contributed by atoms with Crippen molar-refractivity contribution in [2.75, 3.05) is 5.43 Å². The van der Waals surface area contributed by atoms with Gasteiger partial charge in [0.15, 0.2) is 0 Å². The molecular formula is C19H18N4O2. The summed E-state index contributed by atoms with van der Waals surface area (Å²) in [6, 6.07) is 18.2. The zero-order valence-corrected chi connectivity index (χ0v) is 14.0. The van der Waals surface area contributed by atoms with Crippen LogP contribution in [0.15, 0.2) is 60.7 Å². The van der Waals surface area contributed by atoms with Crippen molar-refractivity contribution in [1.82, 2.24) is 15.4 Å². The van der Waals surface area contributed by atoms with Crippen molar-refractivity contribution in [3.8, 4) is 11.5 Å². The van der Waals surface area contributed by atoms with Gasteiger partial charge in [0.1, 0.15) is 11.5 Å². The minimum Gasteiger partial charge on any atom is -0.457 e. The summed E-state index contributed by atoms with van der Waals surface area (Å²) < 4.78 is 5.70. The van der Waals surface area contributed by atoms with Crippen molar-refractivity contribution in [3.05, 3.63) is 77.6 Å². The average Bonchev–Trinajstić information content (AvgIpc) is 2.60. The molecule has 0 aliphatic heterocycles. The van der Waals surface area contributed by atoms with E-state index < -0.39 is 0 Å². The van der Waals surface area contributed by atoms with Crippen LogP contribution in [0.3, 0.4) is 0 Å². The maximum absolute atomic E-state index is 12.2. The number of benzene rings is 2. The number of aromatic nitrogens is 2. The Bertz CT molecular complexity index is 844. The Morgan fingerprint density at radius 1 is 0.880 bits per heavy atom. The fraction of sp³-hybridized carbons (Fsp3) is 0.105. The molecule has 0 saturated heterocycles. The van der Waals surface area contributed by atoms with Gasteiger partial charge in [-0.05, 0) is 56.3 Å². The first-order chi connectivity index (χ1) is 12.1. The van der Waals surface area contributed by atoms with Crippen LogP contribution in [0.25, 0.3) is 0 Å². The second kappa shape index (κ2) is 7.44. The molecule has 0 bridgehead atoms. The van der Waals surface area contributed by atoms with E-state index in [1.165, 1.54) is 0 Å². The van der Waals surface area contributed by atoms with Crippen LogP contribution in [0.5, 0.6) is 11.5 Å². The quantitative estimate of drug-likeness (QED) is 0.697. The largest absolute Gasteiger partial charge is 0.457 e. The van der Waals surface area contributed by atoms with Crippen molar-refractivity contribution >= 4 is 11.9 Å². The van der Waals surface area contributed by atoms with E-state index >= 15 is 0 Å². The van der Waals surface area contributed by atoms with Gasteiger partial charge in [0.25, 0.3) is 5.91 Å². The minimum absolute atomic E-state index is 0.283. The third-order valence-electron chi connectivity index (χ3n) is 3.37. The van der Waals surface area contributed by atoms with Crippen LogP contribution in [0.2, 0.25) is 0 Å². The Kier molecular flexibility index (Phi) is 4.89. The van der Waals surface area contributed by atoms with Crippen LogP contribution in [0.1, 0.15) is 21.7 Å². The standard InChI is InChI=1S/C19H18N4O2/c1-13-12-14(2)21-19(20-13)23-22-18(24)15-8-10-17(11-9-15)25-16-6-4-3-5-7-16/h3-12H,1-2H3,(H,22,24)(H,20,21,23). The van der Waals surface area contributed by atoms with Crippen LogP contribution in [-0.4, -0.2) is 15.9 Å². The number of ether oxygens (including phenoxy) is 1. The zero-order valence-electron chi connectivity index (χ0n) is 14.0. The first-order valence-electron chi connectivity index (χ1n) is 7.82. The molecule has 25 heavy (non-hydrogen) atoms. The molecule has 0 atom stereocenters. The Morgan fingerprint density at radius 3 is 2.12 bits per heavy atom. The molecule has 6 heteroatoms. The number of nitrogens with one attached hydrogen (secondary N) is 2. The maximum atomic E-state index is 12.2. The fourth-order valence-electron chi connectivity index (χ4n) is 2.27. The first kappa shape index (κ1) is 16.4. The second-order valence-electron chi connectivity index (χ2n) is 5.49. The second-order valence-corrected chi connectivity index (χ2v) is 5.49. The van der Waals surface area contributed by atoms with E-state index in [-0.39, 0.29) is 5.91 Å². The van der Waals surface area contributed by atoms with E-state index in [1.807, 2.05) is 50.2 Å². The van der Waals surface area contributed by atoms with Gasteiger partial charge in [-0.25, -0.2) is 9.97 Å². The van der Waals surface area contributed by atoms with E-state index in [1.54, 1.807) is 24.3 Å². The predicted octanol–water partition coefficient (Wildman–Crippen LogP) is 3.64. The summed E-state index contributed by atoms with van der Waals surface area (Å²) in [6.07, 6.45) is 0. The average molecular weight is 334 g/mol. The molecule has 1 aromatic heterocycles. The third kappa shape index (κ3) is 4.54. The van der Waals surface area contributed by atoms with Crippen LogP contribution in [0.4, 0.5) is 5.95 Å². The molecule has 0 aliphatic carbocycles. The lowest BCUT2D eigenvalue weighted by Crippen LogP contribution is -2.30. The van der Waals surface area contributed by atoms with Gasteiger partial charge >= 0.3 is 0 Å². The van der Waals surface area contributed by atoms with E-state index in [4.69, 9.17) is 4.74 Å². The van der Waals surface area contributed by atoms with E-state index in [9.17, 15) is 4.79 Å². The van der Waals surface area contributed by atoms with Crippen molar-refractivity contribution in [2.45, 2.75) is 13.8 Å². The maximum Gasteiger partial charge on any atom is 0.269 e. The molecule has 6 nitrogen and oxygen atoms in total. The summed E-state index contributed by atoms with van der Waals surface area (Å²) >= 11 is 0. The predicted molar refractivity (Wildman–Crippen MR) is 95.6 cm³/mol. The van der Waals surface area contributed by atoms with Crippen molar-refractivity contribution in [3.63, 3.8) is 0 Å². The molecule has 2 aromatic carbocycles. The molecular weight excluding hydrogens is 316 g/mol. The van der Waals surface area contributed by atoms with Crippen LogP contribution in [-0.2, 0) is 0 Å². The summed E-state index contributed by atoms with van der Waals surface area (Å²) in [7, 11) is 0. The molecule has 0 aliphatic rings. The lowest BCUT2D eigenvalue weighted by Gasteiger charge is -2.09. The van der Waals surface area contributed by atoms with Crippen LogP contribution >= 0.6 is 0 Å². The molecule has 3 aromatic rings. The van der Waals surface area contributed by atoms with Crippen LogP contribution < -0.4 is 15.6 Å². The number of aryl methyl sites for hydroxylation is 2. The zero-order chi connectivity index (χ0) is 17.6. The van der Waals surface area contributed by atoms with E-state index in [0.717, 1.165) is 17.1 Å². The lowest BCUT2D eigenvalue weighted by molar-refractivity contribution is 0.0962. The molecule has 0 radical (unpaired) electrons. The number of hydrogen-bond donors (Lipinski definition) is 2. The normalized spacial score (nSPS) is 10.2. The number of carbonyl (C=O) groups is 1. The van der Waals surface area contributed by atoms with Gasteiger partial charge in [-0.15, -0.1) is 0 Å². The Balaban J connectivity index is 1.60. The summed E-state index contributed by atoms with van der Waals surface area (Å²) in [5.74, 6) is 1.48. The minimum atomic E-state index is -0.283. The molecule has 1 heterocycles. The van der Waals surface area contributed by atoms with E-state index in [2.05, 4.69) is 20.8 Å². The van der Waals surface area contributed by atoms with Crippen molar-refractivity contribution < 1.29 is 9.53 Å². The fourth-order valence-corrected chi connectivity index (χ4v) is 2.27. The van der Waals surface area contributed by atoms with Crippen molar-refractivity contribution in [2.24, 2.45) is 0 Å². The summed E-state index contributed by atoms with van der Waals surface area (Å²) in [5.41, 5.74) is 7.46. The number of hydrazine groups is 1. The Morgan fingerprint density at radius 2 is 1.48 bits per heavy atom. The number of anilines is 1. The van der Waals surface area contributed by atoms with Crippen molar-refractivity contribution in [1.29, 1.82) is 0 Å². The highest BCUT2D eigenvalue weighted by Crippen LogP contribution is 2.21. The molecule has 1 amide bonds. The molecule has 0 fully saturated rings. The Labute approximate surface area is 145 Å². The van der Waals surface area contributed by atoms with Gasteiger partial charge in [-0.3, -0.25) is 15.6 Å². The number of carbonyl (C=O) groups excluding carboxylic acids is 1. The summed E-state index contributed by atoms with van der Waals surface area (Å²) in [6.45, 7) is 3.74. The van der Waals surface area contributed by atoms with Gasteiger partial charge in [0.2, 0.25) is 5.95 Å². The van der Waals surface area contributed by atoms with Gasteiger partial charge < -0.3 is 4.74 Å². The number of rotatable bonds is 5. The molecule has 3 rings (SSSR count). The molecule has 126 valence electrons. The molecule has 0 saturated carbocycles. The number of para-hydroxylation sites is 1. The van der Waals surface area contributed by atoms with Gasteiger partial charge in [0.05, 0.1) is 0 Å². The van der Waals surface area contributed by atoms with Gasteiger partial charge in [-0.2, -0.15) is 0 Å². The van der Waals surface area contributed by atoms with Gasteiger partial charge in [0, 0.05) is 17.0 Å². The monoisotopic (exact) mass is 334 g/mol. The number of amides is 1. The van der Waals surface area contributed by atoms with Gasteiger partial charge in [-0.1, -0.05) is 18.2 Å². The highest BCUT2D eigenvalue weighted by Gasteiger charge is 2.07. The first-order valence-corrected chi connectivity index (χ1v) is 7.82.